The second-order valence-corrected chi connectivity index (χ2v) is 6.51. The number of nitrogens with zero attached hydrogens (tertiary/aromatic N) is 3. The minimum atomic E-state index is -0.364. The summed E-state index contributed by atoms with van der Waals surface area (Å²) in [5.74, 6) is 1.38. The first kappa shape index (κ1) is 15.4. The van der Waals surface area contributed by atoms with Crippen molar-refractivity contribution in [1.82, 2.24) is 15.2 Å². The van der Waals surface area contributed by atoms with Crippen LogP contribution in [0.25, 0.3) is 11.3 Å². The quantitative estimate of drug-likeness (QED) is 0.630. The van der Waals surface area contributed by atoms with Gasteiger partial charge in [-0.05, 0) is 18.2 Å². The highest BCUT2D eigenvalue weighted by molar-refractivity contribution is 9.10. The molecule has 1 unspecified atom stereocenters. The van der Waals surface area contributed by atoms with Crippen LogP contribution in [-0.2, 0) is 5.75 Å². The average Bonchev–Trinajstić information content (AvgIpc) is 2.78. The minimum Gasteiger partial charge on any atom is -0.448 e. The summed E-state index contributed by atoms with van der Waals surface area (Å²) >= 11 is 7.73. The van der Waals surface area contributed by atoms with E-state index < -0.39 is 0 Å². The molecule has 1 aromatic heterocycles. The maximum absolute atomic E-state index is 6.13. The van der Waals surface area contributed by atoms with Gasteiger partial charge in [0.2, 0.25) is 5.88 Å². The van der Waals surface area contributed by atoms with Crippen LogP contribution in [0.2, 0.25) is 0 Å². The van der Waals surface area contributed by atoms with Gasteiger partial charge in [0, 0.05) is 21.3 Å². The molecular formula is C17H13BrN4OS. The van der Waals surface area contributed by atoms with Crippen molar-refractivity contribution in [1.29, 1.82) is 0 Å². The summed E-state index contributed by atoms with van der Waals surface area (Å²) in [7, 11) is 0. The van der Waals surface area contributed by atoms with Gasteiger partial charge in [0.25, 0.3) is 0 Å². The first-order valence-electron chi connectivity index (χ1n) is 7.37. The summed E-state index contributed by atoms with van der Waals surface area (Å²) in [4.78, 5) is 4.47. The Morgan fingerprint density at radius 2 is 1.96 bits per heavy atom. The summed E-state index contributed by atoms with van der Waals surface area (Å²) in [5, 5.41) is 11.8. The van der Waals surface area contributed by atoms with Gasteiger partial charge in [-0.25, -0.2) is 0 Å². The fraction of sp³-hybridized carbons (Fsp3) is 0.118. The Labute approximate surface area is 153 Å². The van der Waals surface area contributed by atoms with Gasteiger partial charge in [-0.3, -0.25) is 0 Å². The summed E-state index contributed by atoms with van der Waals surface area (Å²) < 4.78 is 7.08. The van der Waals surface area contributed by atoms with Crippen molar-refractivity contribution in [2.45, 2.75) is 12.0 Å². The van der Waals surface area contributed by atoms with Crippen LogP contribution in [0.4, 0.5) is 5.69 Å². The van der Waals surface area contributed by atoms with Crippen LogP contribution in [0, 0.1) is 0 Å². The lowest BCUT2D eigenvalue weighted by Crippen LogP contribution is -2.17. The van der Waals surface area contributed by atoms with Crippen LogP contribution in [0.5, 0.6) is 5.88 Å². The van der Waals surface area contributed by atoms with Gasteiger partial charge in [-0.2, -0.15) is 17.6 Å². The van der Waals surface area contributed by atoms with Crippen LogP contribution in [0.15, 0.2) is 53.0 Å². The Bertz CT molecular complexity index is 891. The molecule has 0 saturated heterocycles. The summed E-state index contributed by atoms with van der Waals surface area (Å²) in [6.45, 7) is 0. The third kappa shape index (κ3) is 2.85. The molecule has 0 aliphatic carbocycles. The van der Waals surface area contributed by atoms with Crippen LogP contribution >= 0.6 is 28.6 Å². The van der Waals surface area contributed by atoms with E-state index in [0.717, 1.165) is 21.3 Å². The molecule has 0 amide bonds. The van der Waals surface area contributed by atoms with Gasteiger partial charge in [-0.1, -0.05) is 46.3 Å². The van der Waals surface area contributed by atoms with Gasteiger partial charge in [0.15, 0.2) is 17.7 Å². The Balaban J connectivity index is 1.89. The Morgan fingerprint density at radius 3 is 2.75 bits per heavy atom. The van der Waals surface area contributed by atoms with Crippen molar-refractivity contribution in [3.8, 4) is 17.1 Å². The molecule has 1 aliphatic rings. The van der Waals surface area contributed by atoms with Crippen molar-refractivity contribution in [3.63, 3.8) is 0 Å². The fourth-order valence-electron chi connectivity index (χ4n) is 2.56. The summed E-state index contributed by atoms with van der Waals surface area (Å²) in [6.07, 6.45) is -0.364. The van der Waals surface area contributed by atoms with E-state index in [9.17, 15) is 0 Å². The molecule has 120 valence electrons. The molecular weight excluding hydrogens is 388 g/mol. The Hall–Kier alpha value is -2.12. The van der Waals surface area contributed by atoms with Crippen LogP contribution in [-0.4, -0.2) is 15.2 Å². The third-order valence-electron chi connectivity index (χ3n) is 3.70. The number of halogens is 1. The SMILES string of the molecule is SCc1nnc2c(n1)OC(c1ccccc1)Nc1ccc(Br)cc1-2. The smallest absolute Gasteiger partial charge is 0.246 e. The fourth-order valence-corrected chi connectivity index (χ4v) is 3.06. The first-order chi connectivity index (χ1) is 11.7. The van der Waals surface area contributed by atoms with E-state index >= 15 is 0 Å². The molecule has 3 aromatic rings. The molecule has 24 heavy (non-hydrogen) atoms. The number of aromatic nitrogens is 3. The molecule has 0 fully saturated rings. The van der Waals surface area contributed by atoms with E-state index in [1.54, 1.807) is 0 Å². The van der Waals surface area contributed by atoms with Gasteiger partial charge < -0.3 is 10.1 Å². The highest BCUT2D eigenvalue weighted by Gasteiger charge is 2.26. The van der Waals surface area contributed by atoms with E-state index in [1.807, 2.05) is 48.5 Å². The zero-order valence-corrected chi connectivity index (χ0v) is 15.0. The Morgan fingerprint density at radius 1 is 1.12 bits per heavy atom. The minimum absolute atomic E-state index is 0.364. The van der Waals surface area contributed by atoms with Crippen molar-refractivity contribution in [2.75, 3.05) is 5.32 Å². The van der Waals surface area contributed by atoms with E-state index in [-0.39, 0.29) is 6.23 Å². The molecule has 0 bridgehead atoms. The van der Waals surface area contributed by atoms with E-state index in [1.165, 1.54) is 0 Å². The predicted octanol–water partition coefficient (Wildman–Crippen LogP) is 4.23. The lowest BCUT2D eigenvalue weighted by atomic mass is 10.1. The molecule has 5 nitrogen and oxygen atoms in total. The van der Waals surface area contributed by atoms with Crippen molar-refractivity contribution < 1.29 is 4.74 Å². The van der Waals surface area contributed by atoms with Crippen LogP contribution < -0.4 is 10.1 Å². The van der Waals surface area contributed by atoms with Crippen molar-refractivity contribution in [2.24, 2.45) is 0 Å². The lowest BCUT2D eigenvalue weighted by molar-refractivity contribution is 0.227. The van der Waals surface area contributed by atoms with Crippen molar-refractivity contribution >= 4 is 34.2 Å². The second kappa shape index (κ2) is 6.41. The number of hydrogen-bond acceptors (Lipinski definition) is 6. The molecule has 2 heterocycles. The van der Waals surface area contributed by atoms with Gasteiger partial charge >= 0.3 is 0 Å². The number of anilines is 1. The molecule has 1 aliphatic heterocycles. The predicted molar refractivity (Wildman–Crippen MR) is 99.1 cm³/mol. The maximum Gasteiger partial charge on any atom is 0.246 e. The largest absolute Gasteiger partial charge is 0.448 e. The second-order valence-electron chi connectivity index (χ2n) is 5.28. The highest BCUT2D eigenvalue weighted by Crippen LogP contribution is 2.40. The molecule has 0 radical (unpaired) electrons. The topological polar surface area (TPSA) is 59.9 Å². The van der Waals surface area contributed by atoms with Crippen LogP contribution in [0.3, 0.4) is 0 Å². The third-order valence-corrected chi connectivity index (χ3v) is 4.47. The molecule has 4 rings (SSSR count). The lowest BCUT2D eigenvalue weighted by Gasteiger charge is -2.19. The number of ether oxygens (including phenoxy) is 1. The van der Waals surface area contributed by atoms with Gasteiger partial charge in [0.05, 0.1) is 5.75 Å². The molecule has 7 heteroatoms. The number of nitrogens with one attached hydrogen (secondary N) is 1. The number of fused-ring (bicyclic) bond motifs is 3. The highest BCUT2D eigenvalue weighted by atomic mass is 79.9. The molecule has 0 spiro atoms. The maximum atomic E-state index is 6.13. The zero-order chi connectivity index (χ0) is 16.5. The summed E-state index contributed by atoms with van der Waals surface area (Å²) in [5.41, 5.74) is 3.43. The molecule has 2 aromatic carbocycles. The van der Waals surface area contributed by atoms with Crippen molar-refractivity contribution in [3.05, 3.63) is 64.4 Å². The number of benzene rings is 2. The number of rotatable bonds is 2. The van der Waals surface area contributed by atoms with Gasteiger partial charge in [0.1, 0.15) is 0 Å². The zero-order valence-electron chi connectivity index (χ0n) is 12.5. The number of thiol groups is 1. The van der Waals surface area contributed by atoms with E-state index in [4.69, 9.17) is 4.74 Å². The first-order valence-corrected chi connectivity index (χ1v) is 8.79. The Kier molecular flexibility index (Phi) is 4.12. The van der Waals surface area contributed by atoms with Crippen LogP contribution in [0.1, 0.15) is 17.6 Å². The van der Waals surface area contributed by atoms with E-state index in [0.29, 0.717) is 23.2 Å². The normalized spacial score (nSPS) is 15.5. The molecule has 1 atom stereocenters. The summed E-state index contributed by atoms with van der Waals surface area (Å²) in [6, 6.07) is 15.9. The average molecular weight is 401 g/mol. The standard InChI is InChI=1S/C17H13BrN4OS/c18-11-6-7-13-12(8-11)15-17(20-14(9-24)21-22-15)23-16(19-13)10-4-2-1-3-5-10/h1-8,16,19,24H,9H2. The monoisotopic (exact) mass is 400 g/mol. The van der Waals surface area contributed by atoms with Gasteiger partial charge in [-0.15, -0.1) is 10.2 Å². The molecule has 0 saturated carbocycles. The molecule has 1 N–H and O–H groups in total. The number of hydrogen-bond donors (Lipinski definition) is 2. The van der Waals surface area contributed by atoms with E-state index in [2.05, 4.69) is 49.1 Å².